The summed E-state index contributed by atoms with van der Waals surface area (Å²) in [4.78, 5) is 22.4. The molecular formula is C13H15NO4. The molecule has 0 radical (unpaired) electrons. The summed E-state index contributed by atoms with van der Waals surface area (Å²) >= 11 is 0. The first kappa shape index (κ1) is 12.4. The molecule has 2 N–H and O–H groups in total. The summed E-state index contributed by atoms with van der Waals surface area (Å²) in [7, 11) is 0. The number of carbonyl (C=O) groups excluding carboxylic acids is 1. The minimum atomic E-state index is -0.904. The molecule has 18 heavy (non-hydrogen) atoms. The predicted molar refractivity (Wildman–Crippen MR) is 65.5 cm³/mol. The lowest BCUT2D eigenvalue weighted by Crippen LogP contribution is -2.16. The molecule has 1 aromatic carbocycles. The van der Waals surface area contributed by atoms with Crippen LogP contribution in [0, 0.1) is 11.8 Å². The maximum atomic E-state index is 11.7. The zero-order valence-electron chi connectivity index (χ0n) is 10.1. The Morgan fingerprint density at radius 2 is 2.22 bits per heavy atom. The number of hydrogen-bond acceptors (Lipinski definition) is 3. The molecule has 1 fully saturated rings. The standard InChI is InChI=1S/C13H15NO4/c1-2-18-9-5-3-4-8(6-9)14-12(15)10-7-11(10)13(16)17/h3-6,10-11H,2,7H2,1H3,(H,14,15)(H,16,17)/t10-,11+/m1/s1. The van der Waals surface area contributed by atoms with Gasteiger partial charge in [0.1, 0.15) is 5.75 Å². The number of benzene rings is 1. The number of carbonyl (C=O) groups is 2. The van der Waals surface area contributed by atoms with Crippen LogP contribution in [0.2, 0.25) is 0 Å². The molecule has 0 aliphatic heterocycles. The molecular weight excluding hydrogens is 234 g/mol. The summed E-state index contributed by atoms with van der Waals surface area (Å²) in [5.41, 5.74) is 0.627. The highest BCUT2D eigenvalue weighted by Crippen LogP contribution is 2.39. The zero-order chi connectivity index (χ0) is 13.1. The van der Waals surface area contributed by atoms with Gasteiger partial charge in [-0.1, -0.05) is 6.07 Å². The number of hydrogen-bond donors (Lipinski definition) is 2. The minimum Gasteiger partial charge on any atom is -0.494 e. The third-order valence-corrected chi connectivity index (χ3v) is 2.86. The van der Waals surface area contributed by atoms with E-state index in [0.29, 0.717) is 24.5 Å². The first-order chi connectivity index (χ1) is 8.61. The van der Waals surface area contributed by atoms with Crippen molar-refractivity contribution >= 4 is 17.6 Å². The molecule has 1 saturated carbocycles. The van der Waals surface area contributed by atoms with Gasteiger partial charge in [-0.05, 0) is 25.5 Å². The van der Waals surface area contributed by atoms with Crippen molar-refractivity contribution in [1.82, 2.24) is 0 Å². The maximum Gasteiger partial charge on any atom is 0.307 e. The Bertz CT molecular complexity index is 472. The van der Waals surface area contributed by atoms with E-state index in [0.717, 1.165) is 0 Å². The third kappa shape index (κ3) is 2.80. The number of rotatable bonds is 5. The predicted octanol–water partition coefficient (Wildman–Crippen LogP) is 1.74. The van der Waals surface area contributed by atoms with E-state index in [1.165, 1.54) is 0 Å². The molecule has 2 rings (SSSR count). The topological polar surface area (TPSA) is 75.6 Å². The Morgan fingerprint density at radius 1 is 1.44 bits per heavy atom. The van der Waals surface area contributed by atoms with Gasteiger partial charge in [0.05, 0.1) is 18.4 Å². The van der Waals surface area contributed by atoms with Gasteiger partial charge >= 0.3 is 5.97 Å². The van der Waals surface area contributed by atoms with Crippen molar-refractivity contribution in [2.24, 2.45) is 11.8 Å². The Hall–Kier alpha value is -2.04. The second-order valence-electron chi connectivity index (χ2n) is 4.24. The smallest absolute Gasteiger partial charge is 0.307 e. The molecule has 0 aromatic heterocycles. The summed E-state index contributed by atoms with van der Waals surface area (Å²) in [6, 6.07) is 7.05. The number of carboxylic acids is 1. The fourth-order valence-electron chi connectivity index (χ4n) is 1.82. The minimum absolute atomic E-state index is 0.240. The number of aliphatic carboxylic acids is 1. The van der Waals surface area contributed by atoms with Gasteiger partial charge in [0.15, 0.2) is 0 Å². The van der Waals surface area contributed by atoms with Crippen molar-refractivity contribution in [2.75, 3.05) is 11.9 Å². The molecule has 0 saturated heterocycles. The molecule has 0 heterocycles. The van der Waals surface area contributed by atoms with E-state index in [9.17, 15) is 9.59 Å². The van der Waals surface area contributed by atoms with Crippen LogP contribution >= 0.6 is 0 Å². The van der Waals surface area contributed by atoms with Crippen LogP contribution in [0.3, 0.4) is 0 Å². The molecule has 2 atom stereocenters. The van der Waals surface area contributed by atoms with Crippen LogP contribution < -0.4 is 10.1 Å². The van der Waals surface area contributed by atoms with Crippen LogP contribution in [0.1, 0.15) is 13.3 Å². The van der Waals surface area contributed by atoms with Crippen LogP contribution in [0.4, 0.5) is 5.69 Å². The van der Waals surface area contributed by atoms with Gasteiger partial charge in [0, 0.05) is 11.8 Å². The highest BCUT2D eigenvalue weighted by Gasteiger charge is 2.48. The molecule has 1 aromatic rings. The average Bonchev–Trinajstić information content (AvgIpc) is 3.09. The van der Waals surface area contributed by atoms with Gasteiger partial charge in [-0.3, -0.25) is 9.59 Å². The van der Waals surface area contributed by atoms with Crippen molar-refractivity contribution < 1.29 is 19.4 Å². The average molecular weight is 249 g/mol. The van der Waals surface area contributed by atoms with Gasteiger partial charge in [0.25, 0.3) is 0 Å². The lowest BCUT2D eigenvalue weighted by atomic mass is 10.2. The van der Waals surface area contributed by atoms with Crippen molar-refractivity contribution in [3.8, 4) is 5.75 Å². The van der Waals surface area contributed by atoms with Crippen molar-refractivity contribution in [3.05, 3.63) is 24.3 Å². The van der Waals surface area contributed by atoms with Crippen molar-refractivity contribution in [1.29, 1.82) is 0 Å². The summed E-state index contributed by atoms with van der Waals surface area (Å²) in [6.45, 7) is 2.44. The van der Waals surface area contributed by atoms with Gasteiger partial charge in [-0.15, -0.1) is 0 Å². The van der Waals surface area contributed by atoms with Gasteiger partial charge in [-0.25, -0.2) is 0 Å². The van der Waals surface area contributed by atoms with E-state index in [1.54, 1.807) is 24.3 Å². The van der Waals surface area contributed by atoms with Crippen molar-refractivity contribution in [2.45, 2.75) is 13.3 Å². The molecule has 1 aliphatic carbocycles. The molecule has 5 heteroatoms. The first-order valence-corrected chi connectivity index (χ1v) is 5.88. The molecule has 0 bridgehead atoms. The van der Waals surface area contributed by atoms with E-state index in [2.05, 4.69) is 5.32 Å². The number of ether oxygens (including phenoxy) is 1. The summed E-state index contributed by atoms with van der Waals surface area (Å²) in [5, 5.41) is 11.5. The molecule has 0 spiro atoms. The van der Waals surface area contributed by atoms with Crippen LogP contribution in [0.15, 0.2) is 24.3 Å². The molecule has 5 nitrogen and oxygen atoms in total. The second-order valence-corrected chi connectivity index (χ2v) is 4.24. The Morgan fingerprint density at radius 3 is 2.83 bits per heavy atom. The number of anilines is 1. The summed E-state index contributed by atoms with van der Waals surface area (Å²) in [6.07, 6.45) is 0.423. The van der Waals surface area contributed by atoms with E-state index in [1.807, 2.05) is 6.92 Å². The SMILES string of the molecule is CCOc1cccc(NC(=O)[C@@H]2C[C@@H]2C(=O)O)c1. The summed E-state index contributed by atoms with van der Waals surface area (Å²) in [5.74, 6) is -1.39. The monoisotopic (exact) mass is 249 g/mol. The lowest BCUT2D eigenvalue weighted by Gasteiger charge is -2.07. The molecule has 1 aliphatic rings. The molecule has 0 unspecified atom stereocenters. The first-order valence-electron chi connectivity index (χ1n) is 5.88. The van der Waals surface area contributed by atoms with E-state index in [-0.39, 0.29) is 5.91 Å². The maximum absolute atomic E-state index is 11.7. The fraction of sp³-hybridized carbons (Fsp3) is 0.385. The highest BCUT2D eigenvalue weighted by molar-refractivity contribution is 5.98. The van der Waals surface area contributed by atoms with Gasteiger partial charge in [-0.2, -0.15) is 0 Å². The largest absolute Gasteiger partial charge is 0.494 e. The van der Waals surface area contributed by atoms with E-state index in [4.69, 9.17) is 9.84 Å². The quantitative estimate of drug-likeness (QED) is 0.833. The Kier molecular flexibility index (Phi) is 3.50. The molecule has 1 amide bonds. The van der Waals surface area contributed by atoms with E-state index >= 15 is 0 Å². The summed E-state index contributed by atoms with van der Waals surface area (Å²) < 4.78 is 5.32. The number of amides is 1. The Labute approximate surface area is 105 Å². The van der Waals surface area contributed by atoms with Gasteiger partial charge in [0.2, 0.25) is 5.91 Å². The lowest BCUT2D eigenvalue weighted by molar-refractivity contribution is -0.139. The van der Waals surface area contributed by atoms with Crippen LogP contribution in [-0.2, 0) is 9.59 Å². The van der Waals surface area contributed by atoms with Crippen molar-refractivity contribution in [3.63, 3.8) is 0 Å². The van der Waals surface area contributed by atoms with Crippen LogP contribution in [0.25, 0.3) is 0 Å². The van der Waals surface area contributed by atoms with E-state index < -0.39 is 17.8 Å². The Balaban J connectivity index is 1.95. The number of carboxylic acid groups (broad SMARTS) is 1. The normalized spacial score (nSPS) is 21.2. The van der Waals surface area contributed by atoms with Crippen LogP contribution in [0.5, 0.6) is 5.75 Å². The molecule has 96 valence electrons. The third-order valence-electron chi connectivity index (χ3n) is 2.86. The fourth-order valence-corrected chi connectivity index (χ4v) is 1.82. The van der Waals surface area contributed by atoms with Crippen LogP contribution in [-0.4, -0.2) is 23.6 Å². The highest BCUT2D eigenvalue weighted by atomic mass is 16.5. The van der Waals surface area contributed by atoms with Gasteiger partial charge < -0.3 is 15.2 Å². The number of nitrogens with one attached hydrogen (secondary N) is 1. The zero-order valence-corrected chi connectivity index (χ0v) is 10.1. The second kappa shape index (κ2) is 5.08.